The number of hydrogen-bond acceptors (Lipinski definition) is 2. The predicted octanol–water partition coefficient (Wildman–Crippen LogP) is 3.34. The third-order valence-electron chi connectivity index (χ3n) is 5.03. The maximum atomic E-state index is 11.4. The number of aromatic nitrogens is 1. The summed E-state index contributed by atoms with van der Waals surface area (Å²) in [7, 11) is 0. The number of rotatable bonds is 1. The fourth-order valence-electron chi connectivity index (χ4n) is 4.06. The molecule has 2 heteroatoms. The molecule has 2 aliphatic carbocycles. The Morgan fingerprint density at radius 1 is 1.05 bits per heavy atom. The van der Waals surface area contributed by atoms with E-state index in [1.165, 1.54) is 11.1 Å². The van der Waals surface area contributed by atoms with Gasteiger partial charge < -0.3 is 5.11 Å². The van der Waals surface area contributed by atoms with Gasteiger partial charge in [0.25, 0.3) is 0 Å². The van der Waals surface area contributed by atoms with Crippen molar-refractivity contribution in [2.75, 3.05) is 0 Å². The van der Waals surface area contributed by atoms with E-state index >= 15 is 0 Å². The van der Waals surface area contributed by atoms with Gasteiger partial charge in [-0.25, -0.2) is 0 Å². The van der Waals surface area contributed by atoms with Gasteiger partial charge in [-0.15, -0.1) is 0 Å². The van der Waals surface area contributed by atoms with Crippen molar-refractivity contribution in [1.82, 2.24) is 4.98 Å². The second-order valence-electron chi connectivity index (χ2n) is 6.07. The molecule has 4 rings (SSSR count). The monoisotopic (exact) mass is 265 g/mol. The first-order valence-electron chi connectivity index (χ1n) is 7.53. The molecule has 1 N–H and O–H groups in total. The SMILES string of the molecule is OC1(C2CCCc3cccnc32)CCc2ccccc21. The van der Waals surface area contributed by atoms with Crippen LogP contribution in [0.3, 0.4) is 0 Å². The lowest BCUT2D eigenvalue weighted by Gasteiger charge is -2.37. The van der Waals surface area contributed by atoms with Gasteiger partial charge in [-0.3, -0.25) is 4.98 Å². The summed E-state index contributed by atoms with van der Waals surface area (Å²) in [6, 6.07) is 12.5. The van der Waals surface area contributed by atoms with Crippen LogP contribution in [0.4, 0.5) is 0 Å². The molecule has 1 aromatic carbocycles. The smallest absolute Gasteiger partial charge is 0.0985 e. The molecule has 20 heavy (non-hydrogen) atoms. The van der Waals surface area contributed by atoms with Crippen LogP contribution < -0.4 is 0 Å². The van der Waals surface area contributed by atoms with E-state index in [1.54, 1.807) is 0 Å². The molecule has 2 unspecified atom stereocenters. The van der Waals surface area contributed by atoms with E-state index in [9.17, 15) is 5.11 Å². The molecule has 1 aromatic heterocycles. The van der Waals surface area contributed by atoms with Crippen molar-refractivity contribution in [2.24, 2.45) is 0 Å². The van der Waals surface area contributed by atoms with E-state index in [0.717, 1.165) is 43.4 Å². The summed E-state index contributed by atoms with van der Waals surface area (Å²) in [6.07, 6.45) is 6.94. The maximum absolute atomic E-state index is 11.4. The first kappa shape index (κ1) is 12.1. The predicted molar refractivity (Wildman–Crippen MR) is 78.6 cm³/mol. The number of aryl methyl sites for hydroxylation is 2. The molecule has 2 atom stereocenters. The lowest BCUT2D eigenvalue weighted by molar-refractivity contribution is 0.00173. The molecule has 0 spiro atoms. The standard InChI is InChI=1S/C18H19NO/c20-18(11-10-13-5-1-2-8-15(13)18)16-9-3-6-14-7-4-12-19-17(14)16/h1-2,4-5,7-8,12,16,20H,3,6,9-11H2. The van der Waals surface area contributed by atoms with Crippen molar-refractivity contribution in [2.45, 2.75) is 43.6 Å². The minimum Gasteiger partial charge on any atom is -0.384 e. The zero-order valence-electron chi connectivity index (χ0n) is 11.5. The minimum atomic E-state index is -0.722. The molecule has 0 fully saturated rings. The Balaban J connectivity index is 1.83. The number of aliphatic hydroxyl groups is 1. The highest BCUT2D eigenvalue weighted by Gasteiger charge is 2.45. The quantitative estimate of drug-likeness (QED) is 0.858. The average molecular weight is 265 g/mol. The molecule has 102 valence electrons. The molecule has 0 saturated carbocycles. The van der Waals surface area contributed by atoms with E-state index < -0.39 is 5.60 Å². The van der Waals surface area contributed by atoms with Crippen LogP contribution in [-0.4, -0.2) is 10.1 Å². The number of fused-ring (bicyclic) bond motifs is 2. The molecule has 1 heterocycles. The Bertz CT molecular complexity index is 651. The Kier molecular flexibility index (Phi) is 2.67. The lowest BCUT2D eigenvalue weighted by Crippen LogP contribution is -2.34. The summed E-state index contributed by atoms with van der Waals surface area (Å²) in [5.74, 6) is 0.149. The molecular formula is C18H19NO. The molecular weight excluding hydrogens is 246 g/mol. The zero-order chi connectivity index (χ0) is 13.6. The summed E-state index contributed by atoms with van der Waals surface area (Å²) < 4.78 is 0. The molecule has 0 saturated heterocycles. The van der Waals surface area contributed by atoms with Gasteiger partial charge in [-0.2, -0.15) is 0 Å². The molecule has 0 amide bonds. The molecule has 2 aromatic rings. The second kappa shape index (κ2) is 4.42. The maximum Gasteiger partial charge on any atom is 0.0985 e. The van der Waals surface area contributed by atoms with Gasteiger partial charge in [0.05, 0.1) is 5.60 Å². The number of nitrogens with zero attached hydrogens (tertiary/aromatic N) is 1. The zero-order valence-corrected chi connectivity index (χ0v) is 11.5. The van der Waals surface area contributed by atoms with Crippen LogP contribution in [0.15, 0.2) is 42.6 Å². The third-order valence-corrected chi connectivity index (χ3v) is 5.03. The van der Waals surface area contributed by atoms with Crippen LogP contribution in [0.25, 0.3) is 0 Å². The van der Waals surface area contributed by atoms with Crippen LogP contribution in [0, 0.1) is 0 Å². The van der Waals surface area contributed by atoms with Gasteiger partial charge in [0.15, 0.2) is 0 Å². The Morgan fingerprint density at radius 2 is 1.90 bits per heavy atom. The van der Waals surface area contributed by atoms with Crippen molar-refractivity contribution >= 4 is 0 Å². The molecule has 2 aliphatic rings. The van der Waals surface area contributed by atoms with Gasteiger partial charge in [0, 0.05) is 17.8 Å². The van der Waals surface area contributed by atoms with Crippen LogP contribution in [0.1, 0.15) is 47.6 Å². The molecule has 0 bridgehead atoms. The van der Waals surface area contributed by atoms with E-state index in [1.807, 2.05) is 18.3 Å². The second-order valence-corrected chi connectivity index (χ2v) is 6.07. The Morgan fingerprint density at radius 3 is 2.85 bits per heavy atom. The highest BCUT2D eigenvalue weighted by Crippen LogP contribution is 2.50. The highest BCUT2D eigenvalue weighted by atomic mass is 16.3. The summed E-state index contributed by atoms with van der Waals surface area (Å²) in [5.41, 5.74) is 4.15. The van der Waals surface area contributed by atoms with Crippen LogP contribution in [-0.2, 0) is 18.4 Å². The molecule has 0 aliphatic heterocycles. The Hall–Kier alpha value is -1.67. The van der Waals surface area contributed by atoms with Crippen LogP contribution in [0.5, 0.6) is 0 Å². The first-order chi connectivity index (χ1) is 9.79. The topological polar surface area (TPSA) is 33.1 Å². The normalized spacial score (nSPS) is 27.9. The summed E-state index contributed by atoms with van der Waals surface area (Å²) >= 11 is 0. The lowest BCUT2D eigenvalue weighted by atomic mass is 9.73. The summed E-state index contributed by atoms with van der Waals surface area (Å²) in [5, 5.41) is 11.4. The van der Waals surface area contributed by atoms with E-state index in [-0.39, 0.29) is 5.92 Å². The van der Waals surface area contributed by atoms with Crippen LogP contribution in [0.2, 0.25) is 0 Å². The van der Waals surface area contributed by atoms with E-state index in [4.69, 9.17) is 0 Å². The molecule has 0 radical (unpaired) electrons. The fraction of sp³-hybridized carbons (Fsp3) is 0.389. The van der Waals surface area contributed by atoms with Crippen molar-refractivity contribution in [1.29, 1.82) is 0 Å². The highest BCUT2D eigenvalue weighted by molar-refractivity contribution is 5.42. The van der Waals surface area contributed by atoms with Gasteiger partial charge in [0.2, 0.25) is 0 Å². The van der Waals surface area contributed by atoms with Gasteiger partial charge >= 0.3 is 0 Å². The van der Waals surface area contributed by atoms with Crippen LogP contribution >= 0.6 is 0 Å². The number of pyridine rings is 1. The molecule has 2 nitrogen and oxygen atoms in total. The van der Waals surface area contributed by atoms with Gasteiger partial charge in [0.1, 0.15) is 0 Å². The third kappa shape index (κ3) is 1.64. The van der Waals surface area contributed by atoms with Crippen molar-refractivity contribution < 1.29 is 5.11 Å². The first-order valence-corrected chi connectivity index (χ1v) is 7.53. The van der Waals surface area contributed by atoms with Gasteiger partial charge in [-0.1, -0.05) is 30.3 Å². The minimum absolute atomic E-state index is 0.149. The Labute approximate surface area is 119 Å². The largest absolute Gasteiger partial charge is 0.384 e. The van der Waals surface area contributed by atoms with Crippen molar-refractivity contribution in [3.8, 4) is 0 Å². The van der Waals surface area contributed by atoms with Gasteiger partial charge in [-0.05, 0) is 54.9 Å². The number of benzene rings is 1. The van der Waals surface area contributed by atoms with E-state index in [2.05, 4.69) is 29.2 Å². The number of hydrogen-bond donors (Lipinski definition) is 1. The summed E-state index contributed by atoms with van der Waals surface area (Å²) in [4.78, 5) is 4.60. The van der Waals surface area contributed by atoms with Crippen molar-refractivity contribution in [3.05, 3.63) is 65.0 Å². The van der Waals surface area contributed by atoms with Crippen molar-refractivity contribution in [3.63, 3.8) is 0 Å². The average Bonchev–Trinajstić information content (AvgIpc) is 2.86. The fourth-order valence-corrected chi connectivity index (χ4v) is 4.06. The summed E-state index contributed by atoms with van der Waals surface area (Å²) in [6.45, 7) is 0. The van der Waals surface area contributed by atoms with E-state index in [0.29, 0.717) is 0 Å².